The molecule has 0 saturated heterocycles. The number of amides is 2. The van der Waals surface area contributed by atoms with Gasteiger partial charge in [-0.25, -0.2) is 9.59 Å². The van der Waals surface area contributed by atoms with Gasteiger partial charge < -0.3 is 30.0 Å². The number of carbonyl (C=O) groups excluding carboxylic acids is 3. The molecule has 0 aliphatic heterocycles. The number of aliphatic hydroxyl groups excluding tert-OH is 1. The zero-order chi connectivity index (χ0) is 27.2. The van der Waals surface area contributed by atoms with Crippen molar-refractivity contribution >= 4 is 18.0 Å². The van der Waals surface area contributed by atoms with Crippen LogP contribution in [0.25, 0.3) is 0 Å². The molecule has 3 N–H and O–H groups in total. The highest BCUT2D eigenvalue weighted by atomic mass is 16.5. The maximum atomic E-state index is 12.5. The zero-order valence-electron chi connectivity index (χ0n) is 21.2. The number of carbonyl (C=O) groups is 3. The summed E-state index contributed by atoms with van der Waals surface area (Å²) in [5.41, 5.74) is 2.61. The Labute approximate surface area is 221 Å². The Balaban J connectivity index is 1.46. The second-order valence-corrected chi connectivity index (χ2v) is 8.57. The highest BCUT2D eigenvalue weighted by Gasteiger charge is 2.23. The molecule has 2 atom stereocenters. The molecule has 0 fully saturated rings. The van der Waals surface area contributed by atoms with E-state index in [4.69, 9.17) is 14.2 Å². The van der Waals surface area contributed by atoms with E-state index in [0.29, 0.717) is 12.4 Å². The van der Waals surface area contributed by atoms with Crippen LogP contribution in [-0.4, -0.2) is 48.9 Å². The normalized spacial score (nSPS) is 12.1. The predicted molar refractivity (Wildman–Crippen MR) is 140 cm³/mol. The third kappa shape index (κ3) is 9.94. The van der Waals surface area contributed by atoms with Gasteiger partial charge in [-0.05, 0) is 28.8 Å². The predicted octanol–water partition coefficient (Wildman–Crippen LogP) is 3.14. The lowest BCUT2D eigenvalue weighted by molar-refractivity contribution is -0.145. The van der Waals surface area contributed by atoms with Gasteiger partial charge in [-0.1, -0.05) is 72.8 Å². The van der Waals surface area contributed by atoms with Crippen LogP contribution in [0.5, 0.6) is 5.75 Å². The number of hydrogen-bond donors (Lipinski definition) is 3. The number of methoxy groups -OCH3 is 1. The fourth-order valence-electron chi connectivity index (χ4n) is 3.59. The second-order valence-electron chi connectivity index (χ2n) is 8.57. The fraction of sp³-hybridized carbons (Fsp3) is 0.276. The number of rotatable bonds is 13. The minimum Gasteiger partial charge on any atom is -0.489 e. The van der Waals surface area contributed by atoms with E-state index in [2.05, 4.69) is 10.6 Å². The molecule has 0 radical (unpaired) electrons. The van der Waals surface area contributed by atoms with Crippen molar-refractivity contribution in [3.63, 3.8) is 0 Å². The lowest BCUT2D eigenvalue weighted by Gasteiger charge is -2.18. The van der Waals surface area contributed by atoms with Gasteiger partial charge in [0.05, 0.1) is 19.6 Å². The van der Waals surface area contributed by atoms with Crippen LogP contribution in [0.2, 0.25) is 0 Å². The molecule has 38 heavy (non-hydrogen) atoms. The molecule has 0 bridgehead atoms. The molecule has 0 aliphatic rings. The first-order valence-electron chi connectivity index (χ1n) is 12.2. The van der Waals surface area contributed by atoms with Crippen LogP contribution in [0.3, 0.4) is 0 Å². The molecule has 9 heteroatoms. The molecule has 3 rings (SSSR count). The Morgan fingerprint density at radius 2 is 1.47 bits per heavy atom. The van der Waals surface area contributed by atoms with Crippen LogP contribution >= 0.6 is 0 Å². The molecule has 0 aliphatic carbocycles. The second kappa shape index (κ2) is 15.0. The summed E-state index contributed by atoms with van der Waals surface area (Å²) >= 11 is 0. The quantitative estimate of drug-likeness (QED) is 0.296. The smallest absolute Gasteiger partial charge is 0.407 e. The van der Waals surface area contributed by atoms with Crippen LogP contribution in [-0.2, 0) is 38.7 Å². The lowest BCUT2D eigenvalue weighted by Crippen LogP contribution is -2.45. The first-order valence-corrected chi connectivity index (χ1v) is 12.2. The van der Waals surface area contributed by atoms with Gasteiger partial charge in [0.2, 0.25) is 5.91 Å². The number of benzene rings is 3. The van der Waals surface area contributed by atoms with Crippen molar-refractivity contribution in [2.75, 3.05) is 13.7 Å². The standard InChI is InChI=1S/C29H32N2O7/c1-36-28(34)26(16-23-13-8-14-25(15-23)37-19-21-9-4-2-5-10-21)31-27(33)17-24(32)18-30-29(35)38-20-22-11-6-3-7-12-22/h2-15,24,26,32H,16-20H2,1H3,(H,30,35)(H,31,33)/t24-,26-/m0/s1. The highest BCUT2D eigenvalue weighted by molar-refractivity contribution is 5.85. The number of nitrogens with one attached hydrogen (secondary N) is 2. The van der Waals surface area contributed by atoms with Crippen molar-refractivity contribution in [1.82, 2.24) is 10.6 Å². The van der Waals surface area contributed by atoms with Crippen LogP contribution in [0, 0.1) is 0 Å². The molecular formula is C29H32N2O7. The summed E-state index contributed by atoms with van der Waals surface area (Å²) in [6.45, 7) is 0.292. The van der Waals surface area contributed by atoms with E-state index >= 15 is 0 Å². The Morgan fingerprint density at radius 3 is 2.13 bits per heavy atom. The molecule has 3 aromatic carbocycles. The number of alkyl carbamates (subject to hydrolysis) is 1. The van der Waals surface area contributed by atoms with E-state index in [1.54, 1.807) is 12.1 Å². The van der Waals surface area contributed by atoms with E-state index in [9.17, 15) is 19.5 Å². The Hall–Kier alpha value is -4.37. The lowest BCUT2D eigenvalue weighted by atomic mass is 10.1. The van der Waals surface area contributed by atoms with Gasteiger partial charge in [0.15, 0.2) is 0 Å². The zero-order valence-corrected chi connectivity index (χ0v) is 21.2. The number of hydrogen-bond acceptors (Lipinski definition) is 7. The van der Waals surface area contributed by atoms with Crippen LogP contribution in [0.1, 0.15) is 23.1 Å². The van der Waals surface area contributed by atoms with Gasteiger partial charge in [0.25, 0.3) is 0 Å². The Morgan fingerprint density at radius 1 is 0.842 bits per heavy atom. The summed E-state index contributed by atoms with van der Waals surface area (Å²) < 4.78 is 15.8. The van der Waals surface area contributed by atoms with Crippen molar-refractivity contribution in [1.29, 1.82) is 0 Å². The van der Waals surface area contributed by atoms with Crippen molar-refractivity contribution < 1.29 is 33.7 Å². The molecule has 0 spiro atoms. The van der Waals surface area contributed by atoms with Crippen LogP contribution in [0.15, 0.2) is 84.9 Å². The number of ether oxygens (including phenoxy) is 3. The minimum atomic E-state index is -1.17. The van der Waals surface area contributed by atoms with E-state index < -0.39 is 30.1 Å². The molecule has 3 aromatic rings. The molecule has 0 unspecified atom stereocenters. The summed E-state index contributed by atoms with van der Waals surface area (Å²) in [7, 11) is 1.24. The molecular weight excluding hydrogens is 488 g/mol. The summed E-state index contributed by atoms with van der Waals surface area (Å²) in [5, 5.41) is 15.2. The highest BCUT2D eigenvalue weighted by Crippen LogP contribution is 2.17. The van der Waals surface area contributed by atoms with Crippen molar-refractivity contribution in [3.05, 3.63) is 102 Å². The van der Waals surface area contributed by atoms with E-state index in [1.165, 1.54) is 7.11 Å². The maximum Gasteiger partial charge on any atom is 0.407 e. The SMILES string of the molecule is COC(=O)[C@H](Cc1cccc(OCc2ccccc2)c1)NC(=O)C[C@H](O)CNC(=O)OCc1ccccc1. The molecule has 0 aromatic heterocycles. The summed E-state index contributed by atoms with van der Waals surface area (Å²) in [5.74, 6) is -0.558. The average Bonchev–Trinajstić information content (AvgIpc) is 2.94. The number of aliphatic hydroxyl groups is 1. The summed E-state index contributed by atoms with van der Waals surface area (Å²) in [6.07, 6.45) is -2.05. The fourth-order valence-corrected chi connectivity index (χ4v) is 3.59. The minimum absolute atomic E-state index is 0.0859. The van der Waals surface area contributed by atoms with E-state index in [-0.39, 0.29) is 26.0 Å². The van der Waals surface area contributed by atoms with Gasteiger partial charge in [-0.15, -0.1) is 0 Å². The molecule has 2 amide bonds. The van der Waals surface area contributed by atoms with Gasteiger partial charge in [0, 0.05) is 13.0 Å². The first kappa shape index (κ1) is 28.2. The number of esters is 1. The Bertz CT molecular complexity index is 1170. The van der Waals surface area contributed by atoms with Crippen molar-refractivity contribution in [2.45, 2.75) is 38.2 Å². The topological polar surface area (TPSA) is 123 Å². The average molecular weight is 521 g/mol. The van der Waals surface area contributed by atoms with Gasteiger partial charge in [0.1, 0.15) is 25.0 Å². The molecule has 9 nitrogen and oxygen atoms in total. The van der Waals surface area contributed by atoms with Gasteiger partial charge in [-0.3, -0.25) is 4.79 Å². The van der Waals surface area contributed by atoms with Gasteiger partial charge in [-0.2, -0.15) is 0 Å². The van der Waals surface area contributed by atoms with Crippen molar-refractivity contribution in [2.24, 2.45) is 0 Å². The van der Waals surface area contributed by atoms with Gasteiger partial charge >= 0.3 is 12.1 Å². The maximum absolute atomic E-state index is 12.5. The molecule has 0 saturated carbocycles. The largest absolute Gasteiger partial charge is 0.489 e. The summed E-state index contributed by atoms with van der Waals surface area (Å²) in [4.78, 5) is 36.7. The van der Waals surface area contributed by atoms with Crippen LogP contribution < -0.4 is 15.4 Å². The van der Waals surface area contributed by atoms with E-state index in [1.807, 2.05) is 72.8 Å². The first-order chi connectivity index (χ1) is 18.4. The third-order valence-electron chi connectivity index (χ3n) is 5.52. The molecule has 0 heterocycles. The molecule has 200 valence electrons. The monoisotopic (exact) mass is 520 g/mol. The third-order valence-corrected chi connectivity index (χ3v) is 5.52. The Kier molecular flexibility index (Phi) is 11.1. The van der Waals surface area contributed by atoms with Crippen molar-refractivity contribution in [3.8, 4) is 5.75 Å². The summed E-state index contributed by atoms with van der Waals surface area (Å²) in [6, 6.07) is 25.1. The van der Waals surface area contributed by atoms with Crippen LogP contribution in [0.4, 0.5) is 4.79 Å². The van der Waals surface area contributed by atoms with E-state index in [0.717, 1.165) is 16.7 Å².